The molecule has 0 saturated carbocycles. The van der Waals surface area contributed by atoms with Gasteiger partial charge in [-0.3, -0.25) is 9.69 Å². The quantitative estimate of drug-likeness (QED) is 0.850. The zero-order chi connectivity index (χ0) is 12.5. The van der Waals surface area contributed by atoms with Crippen molar-refractivity contribution in [2.75, 3.05) is 16.8 Å². The Morgan fingerprint density at radius 3 is 2.44 bits per heavy atom. The molecule has 1 heterocycles. The molecule has 0 spiro atoms. The summed E-state index contributed by atoms with van der Waals surface area (Å²) in [6.45, 7) is 0.280. The summed E-state index contributed by atoms with van der Waals surface area (Å²) in [6, 6.07) is 15.1. The highest BCUT2D eigenvalue weighted by atomic mass is 35.5. The van der Waals surface area contributed by atoms with Crippen molar-refractivity contribution in [3.63, 3.8) is 0 Å². The minimum atomic E-state index is -0.0122. The van der Waals surface area contributed by atoms with Crippen molar-refractivity contribution < 1.29 is 4.79 Å². The van der Waals surface area contributed by atoms with Gasteiger partial charge in [0.15, 0.2) is 0 Å². The SMILES string of the molecule is O=C1CNc2ccccc2N1c1ccccc1Cl. The van der Waals surface area contributed by atoms with Gasteiger partial charge in [-0.05, 0) is 24.3 Å². The van der Waals surface area contributed by atoms with E-state index < -0.39 is 0 Å². The molecule has 0 aliphatic carbocycles. The minimum Gasteiger partial charge on any atom is -0.374 e. The van der Waals surface area contributed by atoms with Gasteiger partial charge in [0.05, 0.1) is 28.6 Å². The average molecular weight is 259 g/mol. The summed E-state index contributed by atoms with van der Waals surface area (Å²) in [4.78, 5) is 13.8. The highest BCUT2D eigenvalue weighted by Crippen LogP contribution is 2.37. The molecule has 1 N–H and O–H groups in total. The molecule has 0 aromatic heterocycles. The van der Waals surface area contributed by atoms with Gasteiger partial charge < -0.3 is 5.32 Å². The van der Waals surface area contributed by atoms with E-state index in [0.717, 1.165) is 17.1 Å². The molecule has 2 aromatic carbocycles. The van der Waals surface area contributed by atoms with Crippen LogP contribution in [0.2, 0.25) is 5.02 Å². The standard InChI is InChI=1S/C14H11ClN2O/c15-10-5-1-3-7-12(10)17-13-8-4-2-6-11(13)16-9-14(17)18/h1-8,16H,9H2. The Bertz CT molecular complexity index is 612. The Balaban J connectivity index is 2.17. The number of hydrogen-bond acceptors (Lipinski definition) is 2. The summed E-state index contributed by atoms with van der Waals surface area (Å²) in [5, 5.41) is 3.67. The van der Waals surface area contributed by atoms with Gasteiger partial charge in [0.1, 0.15) is 0 Å². The van der Waals surface area contributed by atoms with E-state index in [1.165, 1.54) is 0 Å². The largest absolute Gasteiger partial charge is 0.374 e. The lowest BCUT2D eigenvalue weighted by molar-refractivity contribution is -0.116. The van der Waals surface area contributed by atoms with E-state index >= 15 is 0 Å². The lowest BCUT2D eigenvalue weighted by Crippen LogP contribution is -2.36. The molecule has 2 aromatic rings. The van der Waals surface area contributed by atoms with Crippen molar-refractivity contribution in [1.29, 1.82) is 0 Å². The fraction of sp³-hybridized carbons (Fsp3) is 0.0714. The minimum absolute atomic E-state index is 0.0122. The number of halogens is 1. The summed E-state index contributed by atoms with van der Waals surface area (Å²) in [5.74, 6) is -0.0122. The molecule has 0 saturated heterocycles. The molecule has 0 bridgehead atoms. The number of rotatable bonds is 1. The molecule has 1 amide bonds. The maximum atomic E-state index is 12.1. The summed E-state index contributed by atoms with van der Waals surface area (Å²) in [6.07, 6.45) is 0. The van der Waals surface area contributed by atoms with Gasteiger partial charge in [-0.1, -0.05) is 35.9 Å². The van der Waals surface area contributed by atoms with Crippen LogP contribution in [0.1, 0.15) is 0 Å². The maximum Gasteiger partial charge on any atom is 0.250 e. The molecular formula is C14H11ClN2O. The highest BCUT2D eigenvalue weighted by Gasteiger charge is 2.26. The van der Waals surface area contributed by atoms with Crippen molar-refractivity contribution in [3.8, 4) is 0 Å². The number of anilines is 3. The van der Waals surface area contributed by atoms with E-state index in [9.17, 15) is 4.79 Å². The van der Waals surface area contributed by atoms with Crippen LogP contribution < -0.4 is 10.2 Å². The van der Waals surface area contributed by atoms with E-state index in [1.54, 1.807) is 11.0 Å². The molecule has 1 aliphatic heterocycles. The van der Waals surface area contributed by atoms with Crippen molar-refractivity contribution in [2.24, 2.45) is 0 Å². The van der Waals surface area contributed by atoms with Crippen LogP contribution in [-0.4, -0.2) is 12.5 Å². The van der Waals surface area contributed by atoms with Crippen molar-refractivity contribution >= 4 is 34.6 Å². The lowest BCUT2D eigenvalue weighted by Gasteiger charge is -2.30. The van der Waals surface area contributed by atoms with Crippen LogP contribution in [0.5, 0.6) is 0 Å². The number of benzene rings is 2. The van der Waals surface area contributed by atoms with Gasteiger partial charge in [0.2, 0.25) is 0 Å². The molecule has 0 unspecified atom stereocenters. The Labute approximate surface area is 110 Å². The molecule has 0 atom stereocenters. The summed E-state index contributed by atoms with van der Waals surface area (Å²) in [5.41, 5.74) is 2.50. The maximum absolute atomic E-state index is 12.1. The van der Waals surface area contributed by atoms with Gasteiger partial charge in [0, 0.05) is 0 Å². The van der Waals surface area contributed by atoms with Crippen molar-refractivity contribution in [1.82, 2.24) is 0 Å². The van der Waals surface area contributed by atoms with Gasteiger partial charge in [-0.25, -0.2) is 0 Å². The second-order valence-electron chi connectivity index (χ2n) is 4.05. The fourth-order valence-corrected chi connectivity index (χ4v) is 2.32. The second-order valence-corrected chi connectivity index (χ2v) is 4.46. The number of para-hydroxylation sites is 3. The number of fused-ring (bicyclic) bond motifs is 1. The zero-order valence-electron chi connectivity index (χ0n) is 9.56. The number of nitrogens with zero attached hydrogens (tertiary/aromatic N) is 1. The molecule has 0 fully saturated rings. The molecule has 3 nitrogen and oxygen atoms in total. The van der Waals surface area contributed by atoms with E-state index in [1.807, 2.05) is 42.5 Å². The monoisotopic (exact) mass is 258 g/mol. The summed E-state index contributed by atoms with van der Waals surface area (Å²) < 4.78 is 0. The zero-order valence-corrected chi connectivity index (χ0v) is 10.3. The summed E-state index contributed by atoms with van der Waals surface area (Å²) >= 11 is 6.18. The van der Waals surface area contributed by atoms with E-state index in [0.29, 0.717) is 5.02 Å². The molecular weight excluding hydrogens is 248 g/mol. The first-order chi connectivity index (χ1) is 8.77. The van der Waals surface area contributed by atoms with Crippen LogP contribution in [-0.2, 0) is 4.79 Å². The van der Waals surface area contributed by atoms with Gasteiger partial charge in [0.25, 0.3) is 5.91 Å². The summed E-state index contributed by atoms with van der Waals surface area (Å²) in [7, 11) is 0. The Hall–Kier alpha value is -2.00. The van der Waals surface area contributed by atoms with E-state index in [4.69, 9.17) is 11.6 Å². The second kappa shape index (κ2) is 4.35. The number of nitrogens with one attached hydrogen (secondary N) is 1. The molecule has 0 radical (unpaired) electrons. The van der Waals surface area contributed by atoms with Crippen LogP contribution in [0.4, 0.5) is 17.1 Å². The third kappa shape index (κ3) is 1.73. The number of carbonyl (C=O) groups is 1. The van der Waals surface area contributed by atoms with Gasteiger partial charge in [-0.2, -0.15) is 0 Å². The van der Waals surface area contributed by atoms with E-state index in [2.05, 4.69) is 5.32 Å². The highest BCUT2D eigenvalue weighted by molar-refractivity contribution is 6.34. The van der Waals surface area contributed by atoms with Gasteiger partial charge in [-0.15, -0.1) is 0 Å². The Morgan fingerprint density at radius 2 is 1.67 bits per heavy atom. The lowest BCUT2D eigenvalue weighted by atomic mass is 10.1. The molecule has 18 heavy (non-hydrogen) atoms. The average Bonchev–Trinajstić information content (AvgIpc) is 2.40. The van der Waals surface area contributed by atoms with Gasteiger partial charge >= 0.3 is 0 Å². The Kier molecular flexibility index (Phi) is 2.68. The van der Waals surface area contributed by atoms with Crippen LogP contribution >= 0.6 is 11.6 Å². The first-order valence-electron chi connectivity index (χ1n) is 5.68. The number of amides is 1. The molecule has 90 valence electrons. The normalized spacial score (nSPS) is 14.1. The molecule has 4 heteroatoms. The number of hydrogen-bond donors (Lipinski definition) is 1. The third-order valence-electron chi connectivity index (χ3n) is 2.92. The first-order valence-corrected chi connectivity index (χ1v) is 6.05. The topological polar surface area (TPSA) is 32.3 Å². The van der Waals surface area contributed by atoms with Crippen LogP contribution in [0.3, 0.4) is 0 Å². The number of carbonyl (C=O) groups excluding carboxylic acids is 1. The Morgan fingerprint density at radius 1 is 1.00 bits per heavy atom. The molecule has 3 rings (SSSR count). The fourth-order valence-electron chi connectivity index (χ4n) is 2.10. The van der Waals surface area contributed by atoms with Crippen LogP contribution in [0.25, 0.3) is 0 Å². The van der Waals surface area contributed by atoms with Crippen molar-refractivity contribution in [3.05, 3.63) is 53.6 Å². The van der Waals surface area contributed by atoms with Crippen molar-refractivity contribution in [2.45, 2.75) is 0 Å². The predicted octanol–water partition coefficient (Wildman–Crippen LogP) is 3.43. The smallest absolute Gasteiger partial charge is 0.250 e. The van der Waals surface area contributed by atoms with E-state index in [-0.39, 0.29) is 12.5 Å². The molecule has 1 aliphatic rings. The third-order valence-corrected chi connectivity index (χ3v) is 3.24. The first kappa shape index (κ1) is 11.1. The van der Waals surface area contributed by atoms with Crippen LogP contribution in [0, 0.1) is 0 Å². The van der Waals surface area contributed by atoms with Crippen LogP contribution in [0.15, 0.2) is 48.5 Å². The predicted molar refractivity (Wildman–Crippen MR) is 73.5 cm³/mol.